The predicted molar refractivity (Wildman–Crippen MR) is 74.9 cm³/mol. The topological polar surface area (TPSA) is 68.0 Å². The van der Waals surface area contributed by atoms with Crippen molar-refractivity contribution in [2.75, 3.05) is 11.9 Å². The summed E-state index contributed by atoms with van der Waals surface area (Å²) in [5.41, 5.74) is 1.46. The molecule has 0 fully saturated rings. The van der Waals surface area contributed by atoms with Crippen molar-refractivity contribution in [2.45, 2.75) is 32.1 Å². The van der Waals surface area contributed by atoms with Crippen LogP contribution in [0.3, 0.4) is 0 Å². The molecule has 20 heavy (non-hydrogen) atoms. The number of carbonyl (C=O) groups is 1. The van der Waals surface area contributed by atoms with Gasteiger partial charge < -0.3 is 9.73 Å². The van der Waals surface area contributed by atoms with Crippen molar-refractivity contribution in [3.63, 3.8) is 0 Å². The summed E-state index contributed by atoms with van der Waals surface area (Å²) in [5.74, 6) is 1.62. The van der Waals surface area contributed by atoms with Gasteiger partial charge in [-0.25, -0.2) is 9.97 Å². The number of ketones is 1. The average Bonchev–Trinajstić information content (AvgIpc) is 2.99. The molecule has 5 heteroatoms. The molecule has 0 spiro atoms. The number of hydrogen-bond donors (Lipinski definition) is 1. The van der Waals surface area contributed by atoms with Crippen LogP contribution in [-0.2, 0) is 6.42 Å². The summed E-state index contributed by atoms with van der Waals surface area (Å²) in [7, 11) is 0. The minimum atomic E-state index is 0.0823. The lowest BCUT2D eigenvalue weighted by atomic mass is 9.85. The van der Waals surface area contributed by atoms with E-state index < -0.39 is 0 Å². The molecule has 1 N–H and O–H groups in total. The van der Waals surface area contributed by atoms with E-state index in [9.17, 15) is 4.79 Å². The summed E-state index contributed by atoms with van der Waals surface area (Å²) in [6.07, 6.45) is 5.47. The lowest BCUT2D eigenvalue weighted by Gasteiger charge is -2.21. The Morgan fingerprint density at radius 3 is 3.10 bits per heavy atom. The Kier molecular flexibility index (Phi) is 3.50. The number of fused-ring (bicyclic) bond motifs is 1. The summed E-state index contributed by atoms with van der Waals surface area (Å²) in [4.78, 5) is 20.9. The normalized spacial score (nSPS) is 17.9. The van der Waals surface area contributed by atoms with Crippen molar-refractivity contribution >= 4 is 11.7 Å². The number of nitrogens with one attached hydrogen (secondary N) is 1. The number of nitrogens with zero attached hydrogens (tertiary/aromatic N) is 2. The van der Waals surface area contributed by atoms with Gasteiger partial charge in [0, 0.05) is 31.5 Å². The Hall–Kier alpha value is -2.17. The highest BCUT2D eigenvalue weighted by Gasteiger charge is 2.29. The third-order valence-electron chi connectivity index (χ3n) is 3.52. The molecule has 0 saturated carbocycles. The third kappa shape index (κ3) is 2.43. The van der Waals surface area contributed by atoms with E-state index in [2.05, 4.69) is 22.2 Å². The monoisotopic (exact) mass is 271 g/mol. The zero-order valence-corrected chi connectivity index (χ0v) is 11.4. The highest BCUT2D eigenvalue weighted by atomic mass is 16.3. The van der Waals surface area contributed by atoms with Gasteiger partial charge in [0.15, 0.2) is 5.78 Å². The van der Waals surface area contributed by atoms with Crippen LogP contribution in [0.1, 0.15) is 47.5 Å². The quantitative estimate of drug-likeness (QED) is 0.926. The molecule has 1 unspecified atom stereocenters. The van der Waals surface area contributed by atoms with E-state index in [1.165, 1.54) is 0 Å². The van der Waals surface area contributed by atoms with Crippen LogP contribution >= 0.6 is 0 Å². The summed E-state index contributed by atoms with van der Waals surface area (Å²) < 4.78 is 5.42. The summed E-state index contributed by atoms with van der Waals surface area (Å²) >= 11 is 0. The lowest BCUT2D eigenvalue weighted by molar-refractivity contribution is 0.0958. The third-order valence-corrected chi connectivity index (χ3v) is 3.52. The van der Waals surface area contributed by atoms with Crippen LogP contribution in [-0.4, -0.2) is 22.3 Å². The largest absolute Gasteiger partial charge is 0.469 e. The van der Waals surface area contributed by atoms with Gasteiger partial charge in [0.25, 0.3) is 0 Å². The number of Topliss-reactive ketones (excluding diaryl/α,β-unsaturated/α-hetero) is 1. The second-order valence-corrected chi connectivity index (χ2v) is 5.02. The van der Waals surface area contributed by atoms with E-state index in [4.69, 9.17) is 4.42 Å². The number of carbonyl (C=O) groups excluding carboxylic acids is 1. The number of anilines is 1. The fourth-order valence-corrected chi connectivity index (χ4v) is 2.49. The second kappa shape index (κ2) is 5.45. The Morgan fingerprint density at radius 2 is 2.35 bits per heavy atom. The molecule has 3 rings (SSSR count). The van der Waals surface area contributed by atoms with Gasteiger partial charge in [0.2, 0.25) is 5.95 Å². The first-order chi connectivity index (χ1) is 9.78. The molecule has 2 aromatic heterocycles. The molecule has 0 amide bonds. The summed E-state index contributed by atoms with van der Waals surface area (Å²) in [5, 5.41) is 3.15. The maximum Gasteiger partial charge on any atom is 0.222 e. The van der Waals surface area contributed by atoms with Crippen LogP contribution in [0, 0.1) is 0 Å². The van der Waals surface area contributed by atoms with E-state index in [-0.39, 0.29) is 11.7 Å². The molecule has 0 radical (unpaired) electrons. The maximum absolute atomic E-state index is 12.2. The number of hydrogen-bond acceptors (Lipinski definition) is 5. The van der Waals surface area contributed by atoms with Crippen molar-refractivity contribution in [3.8, 4) is 0 Å². The van der Waals surface area contributed by atoms with Crippen molar-refractivity contribution < 1.29 is 9.21 Å². The zero-order chi connectivity index (χ0) is 13.9. The van der Waals surface area contributed by atoms with Gasteiger partial charge in [-0.1, -0.05) is 6.92 Å². The van der Waals surface area contributed by atoms with Crippen LogP contribution in [0.15, 0.2) is 29.0 Å². The summed E-state index contributed by atoms with van der Waals surface area (Å²) in [6.45, 7) is 2.91. The Balaban J connectivity index is 1.87. The first-order valence-corrected chi connectivity index (χ1v) is 6.94. The Morgan fingerprint density at radius 1 is 1.45 bits per heavy atom. The number of furan rings is 1. The van der Waals surface area contributed by atoms with E-state index >= 15 is 0 Å². The van der Waals surface area contributed by atoms with Crippen molar-refractivity contribution in [1.29, 1.82) is 0 Å². The molecule has 2 heterocycles. The highest BCUT2D eigenvalue weighted by Crippen LogP contribution is 2.32. The molecular weight excluding hydrogens is 254 g/mol. The molecule has 1 aliphatic carbocycles. The smallest absolute Gasteiger partial charge is 0.222 e. The molecule has 0 aromatic carbocycles. The van der Waals surface area contributed by atoms with Crippen LogP contribution < -0.4 is 5.32 Å². The van der Waals surface area contributed by atoms with Crippen LogP contribution in [0.25, 0.3) is 0 Å². The second-order valence-electron chi connectivity index (χ2n) is 5.02. The van der Waals surface area contributed by atoms with E-state index in [1.807, 2.05) is 12.1 Å². The molecule has 104 valence electrons. The fraction of sp³-hybridized carbons (Fsp3) is 0.400. The van der Waals surface area contributed by atoms with Gasteiger partial charge in [0.1, 0.15) is 5.76 Å². The lowest BCUT2D eigenvalue weighted by Crippen LogP contribution is -2.21. The predicted octanol–water partition coefficient (Wildman–Crippen LogP) is 2.80. The first kappa shape index (κ1) is 12.8. The van der Waals surface area contributed by atoms with Gasteiger partial charge in [-0.15, -0.1) is 0 Å². The van der Waals surface area contributed by atoms with Crippen molar-refractivity contribution in [1.82, 2.24) is 9.97 Å². The highest BCUT2D eigenvalue weighted by molar-refractivity contribution is 5.98. The minimum Gasteiger partial charge on any atom is -0.469 e. The van der Waals surface area contributed by atoms with Crippen LogP contribution in [0.2, 0.25) is 0 Å². The molecule has 0 aliphatic heterocycles. The van der Waals surface area contributed by atoms with Crippen molar-refractivity contribution in [2.24, 2.45) is 0 Å². The Labute approximate surface area is 117 Å². The minimum absolute atomic E-state index is 0.0823. The zero-order valence-electron chi connectivity index (χ0n) is 11.4. The molecular formula is C15H17N3O2. The Bertz CT molecular complexity index is 608. The molecule has 1 atom stereocenters. The van der Waals surface area contributed by atoms with Crippen LogP contribution in [0.5, 0.6) is 0 Å². The van der Waals surface area contributed by atoms with Gasteiger partial charge in [-0.3, -0.25) is 4.79 Å². The average molecular weight is 271 g/mol. The molecule has 0 bridgehead atoms. The fourth-order valence-electron chi connectivity index (χ4n) is 2.49. The molecule has 0 saturated heterocycles. The van der Waals surface area contributed by atoms with Gasteiger partial charge in [-0.05, 0) is 18.6 Å². The first-order valence-electron chi connectivity index (χ1n) is 6.94. The van der Waals surface area contributed by atoms with E-state index in [0.29, 0.717) is 17.9 Å². The summed E-state index contributed by atoms with van der Waals surface area (Å²) in [6, 6.07) is 3.77. The van der Waals surface area contributed by atoms with E-state index in [1.54, 1.807) is 12.5 Å². The molecule has 5 nitrogen and oxygen atoms in total. The van der Waals surface area contributed by atoms with E-state index in [0.717, 1.165) is 30.8 Å². The maximum atomic E-state index is 12.2. The van der Waals surface area contributed by atoms with Crippen molar-refractivity contribution in [3.05, 3.63) is 41.6 Å². The molecule has 2 aromatic rings. The van der Waals surface area contributed by atoms with Crippen LogP contribution in [0.4, 0.5) is 5.95 Å². The van der Waals surface area contributed by atoms with Gasteiger partial charge >= 0.3 is 0 Å². The number of rotatable bonds is 4. The van der Waals surface area contributed by atoms with Gasteiger partial charge in [0.05, 0.1) is 17.5 Å². The number of aromatic nitrogens is 2. The SMILES string of the molecule is CCCNc1ncc2c(n1)CC(c1ccco1)CC2=O. The molecule has 1 aliphatic rings. The van der Waals surface area contributed by atoms with Gasteiger partial charge in [-0.2, -0.15) is 0 Å². The standard InChI is InChI=1S/C15H17N3O2/c1-2-5-16-15-17-9-11-12(18-15)7-10(8-13(11)19)14-4-3-6-20-14/h3-4,6,9-10H,2,5,7-8H2,1H3,(H,16,17,18).